The van der Waals surface area contributed by atoms with Gasteiger partial charge in [-0.3, -0.25) is 0 Å². The van der Waals surface area contributed by atoms with Gasteiger partial charge in [-0.25, -0.2) is 4.39 Å². The summed E-state index contributed by atoms with van der Waals surface area (Å²) in [4.78, 5) is 0. The van der Waals surface area contributed by atoms with Gasteiger partial charge in [0.1, 0.15) is 5.82 Å². The Kier molecular flexibility index (Phi) is 2.29. The van der Waals surface area contributed by atoms with Crippen molar-refractivity contribution in [2.45, 2.75) is 6.04 Å². The first kappa shape index (κ1) is 9.27. The van der Waals surface area contributed by atoms with Gasteiger partial charge in [-0.2, -0.15) is 0 Å². The van der Waals surface area contributed by atoms with Gasteiger partial charge in [-0.05, 0) is 6.07 Å². The van der Waals surface area contributed by atoms with Gasteiger partial charge in [0.15, 0.2) is 11.5 Å². The van der Waals surface area contributed by atoms with E-state index in [9.17, 15) is 4.39 Å². The molecule has 1 aromatic rings. The summed E-state index contributed by atoms with van der Waals surface area (Å²) < 4.78 is 23.5. The van der Waals surface area contributed by atoms with Crippen LogP contribution in [0.2, 0.25) is 0 Å². The van der Waals surface area contributed by atoms with Gasteiger partial charge in [0.05, 0.1) is 14.2 Å². The Morgan fingerprint density at radius 1 is 1.29 bits per heavy atom. The second kappa shape index (κ2) is 3.46. The van der Waals surface area contributed by atoms with E-state index in [1.807, 2.05) is 0 Å². The highest BCUT2D eigenvalue weighted by atomic mass is 19.1. The molecule has 1 atom stereocenters. The first-order chi connectivity index (χ1) is 6.76. The number of rotatable bonds is 3. The Bertz CT molecular complexity index is 350. The van der Waals surface area contributed by atoms with E-state index in [-0.39, 0.29) is 11.9 Å². The number of methoxy groups -OCH3 is 2. The van der Waals surface area contributed by atoms with Crippen molar-refractivity contribution in [2.75, 3.05) is 20.8 Å². The topological polar surface area (TPSA) is 40.4 Å². The highest BCUT2D eigenvalue weighted by Gasteiger charge is 2.27. The molecule has 1 aliphatic rings. The van der Waals surface area contributed by atoms with Gasteiger partial charge in [0.25, 0.3) is 0 Å². The summed E-state index contributed by atoms with van der Waals surface area (Å²) in [5.41, 5.74) is 0.641. The molecular formula is C10H12FNO2. The summed E-state index contributed by atoms with van der Waals surface area (Å²) in [5, 5.41) is 3.04. The molecule has 0 spiro atoms. The van der Waals surface area contributed by atoms with Crippen LogP contribution in [0.1, 0.15) is 11.6 Å². The number of ether oxygens (including phenoxy) is 2. The van der Waals surface area contributed by atoms with E-state index in [0.717, 1.165) is 6.54 Å². The third-order valence-corrected chi connectivity index (χ3v) is 2.29. The van der Waals surface area contributed by atoms with Crippen molar-refractivity contribution in [2.24, 2.45) is 0 Å². The molecule has 0 aliphatic carbocycles. The molecule has 0 aromatic heterocycles. The van der Waals surface area contributed by atoms with Gasteiger partial charge in [-0.15, -0.1) is 0 Å². The lowest BCUT2D eigenvalue weighted by Gasteiger charge is -2.09. The second-order valence-corrected chi connectivity index (χ2v) is 3.19. The molecule has 1 N–H and O–H groups in total. The Labute approximate surface area is 81.8 Å². The Morgan fingerprint density at radius 2 is 1.86 bits per heavy atom. The molecule has 4 heteroatoms. The van der Waals surface area contributed by atoms with Crippen LogP contribution in [0, 0.1) is 5.82 Å². The first-order valence-electron chi connectivity index (χ1n) is 4.41. The molecule has 76 valence electrons. The maximum absolute atomic E-state index is 13.5. The van der Waals surface area contributed by atoms with Crippen molar-refractivity contribution >= 4 is 0 Å². The SMILES string of the molecule is COc1cc(F)c([C@H]2CN2)cc1OC. The van der Waals surface area contributed by atoms with Crippen LogP contribution in [0.3, 0.4) is 0 Å². The zero-order valence-corrected chi connectivity index (χ0v) is 8.13. The van der Waals surface area contributed by atoms with Crippen LogP contribution in [0.25, 0.3) is 0 Å². The maximum atomic E-state index is 13.5. The summed E-state index contributed by atoms with van der Waals surface area (Å²) in [6, 6.07) is 3.17. The van der Waals surface area contributed by atoms with Crippen molar-refractivity contribution in [1.82, 2.24) is 5.32 Å². The Hall–Kier alpha value is -1.29. The lowest BCUT2D eigenvalue weighted by atomic mass is 10.1. The van der Waals surface area contributed by atoms with Crippen LogP contribution in [0.4, 0.5) is 4.39 Å². The summed E-state index contributed by atoms with van der Waals surface area (Å²) in [6.07, 6.45) is 0. The van der Waals surface area contributed by atoms with Crippen LogP contribution in [0.15, 0.2) is 12.1 Å². The van der Waals surface area contributed by atoms with E-state index in [0.29, 0.717) is 17.1 Å². The Morgan fingerprint density at radius 3 is 2.36 bits per heavy atom. The predicted molar refractivity (Wildman–Crippen MR) is 50.2 cm³/mol. The van der Waals surface area contributed by atoms with Crippen molar-refractivity contribution in [3.05, 3.63) is 23.5 Å². The van der Waals surface area contributed by atoms with Crippen LogP contribution < -0.4 is 14.8 Å². The lowest BCUT2D eigenvalue weighted by molar-refractivity contribution is 0.351. The molecule has 0 saturated carbocycles. The summed E-state index contributed by atoms with van der Waals surface area (Å²) in [6.45, 7) is 0.826. The summed E-state index contributed by atoms with van der Waals surface area (Å²) in [5.74, 6) is 0.740. The minimum atomic E-state index is -0.252. The van der Waals surface area contributed by atoms with E-state index in [1.54, 1.807) is 13.2 Å². The van der Waals surface area contributed by atoms with E-state index < -0.39 is 0 Å². The number of hydrogen-bond donors (Lipinski definition) is 1. The molecule has 1 heterocycles. The molecule has 14 heavy (non-hydrogen) atoms. The Balaban J connectivity index is 2.42. The highest BCUT2D eigenvalue weighted by Crippen LogP contribution is 2.34. The van der Waals surface area contributed by atoms with Crippen LogP contribution >= 0.6 is 0 Å². The molecule has 0 bridgehead atoms. The fraction of sp³-hybridized carbons (Fsp3) is 0.400. The molecule has 1 fully saturated rings. The first-order valence-corrected chi connectivity index (χ1v) is 4.41. The van der Waals surface area contributed by atoms with Crippen LogP contribution in [-0.4, -0.2) is 20.8 Å². The minimum Gasteiger partial charge on any atom is -0.493 e. The van der Waals surface area contributed by atoms with Gasteiger partial charge in [0.2, 0.25) is 0 Å². The highest BCUT2D eigenvalue weighted by molar-refractivity contribution is 5.45. The number of hydrogen-bond acceptors (Lipinski definition) is 3. The van der Waals surface area contributed by atoms with Crippen LogP contribution in [-0.2, 0) is 0 Å². The number of benzene rings is 1. The van der Waals surface area contributed by atoms with Gasteiger partial charge in [0, 0.05) is 24.2 Å². The second-order valence-electron chi connectivity index (χ2n) is 3.19. The molecule has 2 rings (SSSR count). The largest absolute Gasteiger partial charge is 0.493 e. The van der Waals surface area contributed by atoms with E-state index >= 15 is 0 Å². The summed E-state index contributed by atoms with van der Waals surface area (Å²) in [7, 11) is 3.03. The van der Waals surface area contributed by atoms with Crippen molar-refractivity contribution in [3.63, 3.8) is 0 Å². The average Bonchev–Trinajstić information content (AvgIpc) is 3.01. The summed E-state index contributed by atoms with van der Waals surface area (Å²) >= 11 is 0. The van der Waals surface area contributed by atoms with E-state index in [1.165, 1.54) is 13.2 Å². The number of halogens is 1. The number of nitrogens with one attached hydrogen (secondary N) is 1. The quantitative estimate of drug-likeness (QED) is 0.746. The van der Waals surface area contributed by atoms with Gasteiger partial charge < -0.3 is 14.8 Å². The molecule has 1 aliphatic heterocycles. The fourth-order valence-corrected chi connectivity index (χ4v) is 1.42. The predicted octanol–water partition coefficient (Wildman–Crippen LogP) is 1.49. The molecule has 0 unspecified atom stereocenters. The third kappa shape index (κ3) is 1.53. The monoisotopic (exact) mass is 197 g/mol. The molecule has 1 aromatic carbocycles. The molecule has 0 radical (unpaired) electrons. The van der Waals surface area contributed by atoms with Crippen molar-refractivity contribution in [3.8, 4) is 11.5 Å². The smallest absolute Gasteiger partial charge is 0.163 e. The van der Waals surface area contributed by atoms with Gasteiger partial charge >= 0.3 is 0 Å². The van der Waals surface area contributed by atoms with Crippen LogP contribution in [0.5, 0.6) is 11.5 Å². The standard InChI is InChI=1S/C10H12FNO2/c1-13-9-3-6(8-5-12-8)7(11)4-10(9)14-2/h3-4,8,12H,5H2,1-2H3/t8-/m1/s1. The zero-order chi connectivity index (χ0) is 10.1. The maximum Gasteiger partial charge on any atom is 0.163 e. The molecule has 3 nitrogen and oxygen atoms in total. The average molecular weight is 197 g/mol. The minimum absolute atomic E-state index is 0.134. The third-order valence-electron chi connectivity index (χ3n) is 2.29. The van der Waals surface area contributed by atoms with Crippen molar-refractivity contribution in [1.29, 1.82) is 0 Å². The van der Waals surface area contributed by atoms with E-state index in [4.69, 9.17) is 9.47 Å². The normalized spacial score (nSPS) is 19.2. The van der Waals surface area contributed by atoms with E-state index in [2.05, 4.69) is 5.32 Å². The molecule has 0 amide bonds. The van der Waals surface area contributed by atoms with Gasteiger partial charge in [-0.1, -0.05) is 0 Å². The molecular weight excluding hydrogens is 185 g/mol. The zero-order valence-electron chi connectivity index (χ0n) is 8.13. The van der Waals surface area contributed by atoms with Crippen molar-refractivity contribution < 1.29 is 13.9 Å². The lowest BCUT2D eigenvalue weighted by Crippen LogP contribution is -1.96. The molecule has 1 saturated heterocycles. The fourth-order valence-electron chi connectivity index (χ4n) is 1.42.